The predicted octanol–water partition coefficient (Wildman–Crippen LogP) is -1.28. The molecule has 1 N–H and O–H groups in total. The maximum Gasteiger partial charge on any atom is 0.294 e. The number of nitrogens with zero attached hydrogens (tertiary/aromatic N) is 1. The van der Waals surface area contributed by atoms with E-state index < -0.39 is 29.5 Å². The minimum absolute atomic E-state index is 0.0906. The molecule has 0 aromatic rings. The van der Waals surface area contributed by atoms with Crippen molar-refractivity contribution in [3.8, 4) is 0 Å². The SMILES string of the molecule is O=[N+]([O-])O[13C@@H]1[13CH2]O[13C@H]2[13C@@H]1O[13CH2][13C@@H]2O. The van der Waals surface area contributed by atoms with Gasteiger partial charge in [-0.2, -0.15) is 0 Å². The van der Waals surface area contributed by atoms with E-state index in [1.54, 1.807) is 0 Å². The molecule has 2 heterocycles. The zero-order valence-corrected chi connectivity index (χ0v) is 6.66. The van der Waals surface area contributed by atoms with E-state index in [0.29, 0.717) is 0 Å². The Balaban J connectivity index is 1.98. The van der Waals surface area contributed by atoms with Crippen LogP contribution in [0.15, 0.2) is 0 Å². The topological polar surface area (TPSA) is 91.1 Å². The first kappa shape index (κ1) is 8.67. The van der Waals surface area contributed by atoms with Crippen molar-refractivity contribution in [2.24, 2.45) is 0 Å². The third-order valence-corrected chi connectivity index (χ3v) is 2.20. The van der Waals surface area contributed by atoms with Crippen LogP contribution >= 0.6 is 0 Å². The Kier molecular flexibility index (Phi) is 2.06. The van der Waals surface area contributed by atoms with Crippen molar-refractivity contribution in [2.75, 3.05) is 13.2 Å². The minimum Gasteiger partial charge on any atom is -0.388 e. The van der Waals surface area contributed by atoms with Crippen molar-refractivity contribution in [1.82, 2.24) is 0 Å². The van der Waals surface area contributed by atoms with Gasteiger partial charge in [-0.05, 0) is 0 Å². The molecular weight excluding hydrogens is 188 g/mol. The first-order valence-corrected chi connectivity index (χ1v) is 3.91. The minimum atomic E-state index is -0.871. The van der Waals surface area contributed by atoms with Gasteiger partial charge in [-0.25, -0.2) is 0 Å². The largest absolute Gasteiger partial charge is 0.388 e. The summed E-state index contributed by atoms with van der Waals surface area (Å²) in [5.41, 5.74) is 0. The van der Waals surface area contributed by atoms with Crippen LogP contribution in [0, 0.1) is 10.1 Å². The summed E-state index contributed by atoms with van der Waals surface area (Å²) in [6, 6.07) is 0. The van der Waals surface area contributed by atoms with Crippen molar-refractivity contribution in [1.29, 1.82) is 0 Å². The molecule has 0 bridgehead atoms. The van der Waals surface area contributed by atoms with E-state index in [1.165, 1.54) is 0 Å². The highest BCUT2D eigenvalue weighted by Crippen LogP contribution is 2.28. The molecule has 13 heavy (non-hydrogen) atoms. The third-order valence-electron chi connectivity index (χ3n) is 2.20. The summed E-state index contributed by atoms with van der Waals surface area (Å²) < 4.78 is 10.2. The van der Waals surface area contributed by atoms with Gasteiger partial charge in [-0.1, -0.05) is 0 Å². The number of aliphatic hydroxyl groups is 1. The molecule has 2 fully saturated rings. The second kappa shape index (κ2) is 3.09. The van der Waals surface area contributed by atoms with E-state index in [1.807, 2.05) is 0 Å². The second-order valence-electron chi connectivity index (χ2n) is 3.03. The summed E-state index contributed by atoms with van der Waals surface area (Å²) in [5.74, 6) is 0. The van der Waals surface area contributed by atoms with Crippen molar-refractivity contribution in [3.63, 3.8) is 0 Å². The van der Waals surface area contributed by atoms with Crippen LogP contribution in [0.3, 0.4) is 0 Å². The number of hydrogen-bond donors (Lipinski definition) is 1. The van der Waals surface area contributed by atoms with Gasteiger partial charge in [-0.3, -0.25) is 0 Å². The molecule has 0 radical (unpaired) electrons. The van der Waals surface area contributed by atoms with Crippen LogP contribution in [0.5, 0.6) is 0 Å². The van der Waals surface area contributed by atoms with E-state index in [-0.39, 0.29) is 13.2 Å². The van der Waals surface area contributed by atoms with Gasteiger partial charge in [0, 0.05) is 0 Å². The molecule has 0 saturated carbocycles. The van der Waals surface area contributed by atoms with Crippen molar-refractivity contribution < 1.29 is 24.5 Å². The Morgan fingerprint density at radius 2 is 2.08 bits per heavy atom. The fourth-order valence-electron chi connectivity index (χ4n) is 1.64. The predicted molar refractivity (Wildman–Crippen MR) is 37.4 cm³/mol. The number of ether oxygens (including phenoxy) is 2. The van der Waals surface area contributed by atoms with Gasteiger partial charge in [0.2, 0.25) is 0 Å². The van der Waals surface area contributed by atoms with Gasteiger partial charge in [-0.15, -0.1) is 10.1 Å². The zero-order chi connectivity index (χ0) is 9.42. The van der Waals surface area contributed by atoms with Crippen LogP contribution in [0.4, 0.5) is 0 Å². The van der Waals surface area contributed by atoms with Crippen molar-refractivity contribution >= 4 is 0 Å². The lowest BCUT2D eigenvalue weighted by molar-refractivity contribution is -0.769. The van der Waals surface area contributed by atoms with Crippen LogP contribution in [0.1, 0.15) is 0 Å². The molecule has 0 unspecified atom stereocenters. The first-order chi connectivity index (χ1) is 6.18. The Labute approximate surface area is 73.3 Å². The quantitative estimate of drug-likeness (QED) is 0.337. The number of fused-ring (bicyclic) bond motifs is 1. The van der Waals surface area contributed by atoms with Gasteiger partial charge < -0.3 is 19.4 Å². The molecule has 2 saturated heterocycles. The number of hydrogen-bond acceptors (Lipinski definition) is 6. The fourth-order valence-corrected chi connectivity index (χ4v) is 1.64. The Morgan fingerprint density at radius 3 is 2.77 bits per heavy atom. The van der Waals surface area contributed by atoms with Crippen LogP contribution in [-0.2, 0) is 14.3 Å². The summed E-state index contributed by atoms with van der Waals surface area (Å²) >= 11 is 0. The van der Waals surface area contributed by atoms with Crippen molar-refractivity contribution in [2.45, 2.75) is 24.4 Å². The average Bonchev–Trinajstić information content (AvgIpc) is 2.56. The van der Waals surface area contributed by atoms with Gasteiger partial charge in [0.05, 0.1) is 13.2 Å². The van der Waals surface area contributed by atoms with Gasteiger partial charge >= 0.3 is 0 Å². The Morgan fingerprint density at radius 1 is 1.38 bits per heavy atom. The van der Waals surface area contributed by atoms with Crippen LogP contribution in [-0.4, -0.2) is 47.8 Å². The molecule has 0 amide bonds. The van der Waals surface area contributed by atoms with Gasteiger partial charge in [0.15, 0.2) is 6.10 Å². The molecule has 0 aromatic heterocycles. The molecule has 2 rings (SSSR count). The van der Waals surface area contributed by atoms with Crippen LogP contribution in [0.2, 0.25) is 0 Å². The number of aliphatic hydroxyl groups excluding tert-OH is 1. The second-order valence-corrected chi connectivity index (χ2v) is 3.03. The standard InChI is InChI=1S/C6H9NO6/c8-3-1-11-6-4(13-7(9)10)2-12-5(3)6/h3-6,8H,1-2H2/t3-,4+,5+,6+/m0/s1/i1+1,2+1,3+1,4+1,5+1,6+1. The number of rotatable bonds is 2. The molecular formula is C6H9NO6. The highest BCUT2D eigenvalue weighted by Gasteiger charge is 2.48. The Hall–Kier alpha value is -0.920. The summed E-state index contributed by atoms with van der Waals surface area (Å²) in [4.78, 5) is 14.4. The van der Waals surface area contributed by atoms with Gasteiger partial charge in [0.25, 0.3) is 5.09 Å². The molecule has 0 aliphatic carbocycles. The molecule has 2 aliphatic heterocycles. The van der Waals surface area contributed by atoms with Crippen molar-refractivity contribution in [3.05, 3.63) is 10.1 Å². The normalized spacial score (nSPS) is 43.2. The monoisotopic (exact) mass is 197 g/mol. The summed E-state index contributed by atoms with van der Waals surface area (Å²) in [7, 11) is 0. The maximum absolute atomic E-state index is 10.0. The van der Waals surface area contributed by atoms with E-state index in [9.17, 15) is 15.2 Å². The van der Waals surface area contributed by atoms with Crippen LogP contribution < -0.4 is 0 Å². The van der Waals surface area contributed by atoms with E-state index in [4.69, 9.17) is 9.47 Å². The summed E-state index contributed by atoms with van der Waals surface area (Å²) in [5, 5.41) is 18.4. The highest BCUT2D eigenvalue weighted by atomic mass is 17.0. The summed E-state index contributed by atoms with van der Waals surface area (Å²) in [6.45, 7) is 0.236. The van der Waals surface area contributed by atoms with Gasteiger partial charge in [0.1, 0.15) is 18.3 Å². The van der Waals surface area contributed by atoms with Crippen LogP contribution in [0.25, 0.3) is 0 Å². The molecule has 74 valence electrons. The molecule has 0 spiro atoms. The highest BCUT2D eigenvalue weighted by molar-refractivity contribution is 4.94. The summed E-state index contributed by atoms with van der Waals surface area (Å²) in [6.07, 6.45) is -2.41. The first-order valence-electron chi connectivity index (χ1n) is 3.91. The molecule has 2 aliphatic rings. The van der Waals surface area contributed by atoms with E-state index >= 15 is 0 Å². The lowest BCUT2D eigenvalue weighted by Crippen LogP contribution is -2.33. The fraction of sp³-hybridized carbons (Fsp3) is 1.00. The molecule has 7 heteroatoms. The maximum atomic E-state index is 10.0. The third kappa shape index (κ3) is 1.45. The zero-order valence-electron chi connectivity index (χ0n) is 6.66. The smallest absolute Gasteiger partial charge is 0.294 e. The lowest BCUT2D eigenvalue weighted by atomic mass is 11.1. The molecule has 0 aromatic carbocycles. The molecule has 7 nitrogen and oxygen atoms in total. The van der Waals surface area contributed by atoms with E-state index in [0.717, 1.165) is 0 Å². The lowest BCUT2D eigenvalue weighted by Gasteiger charge is -2.12. The van der Waals surface area contributed by atoms with E-state index in [2.05, 4.69) is 4.84 Å². The Bertz CT molecular complexity index is 221. The molecule has 4 atom stereocenters. The average molecular weight is 197 g/mol.